The van der Waals surface area contributed by atoms with Crippen molar-refractivity contribution in [3.8, 4) is 0 Å². The van der Waals surface area contributed by atoms with E-state index < -0.39 is 0 Å². The van der Waals surface area contributed by atoms with Gasteiger partial charge < -0.3 is 5.32 Å². The molecule has 0 aliphatic carbocycles. The van der Waals surface area contributed by atoms with Crippen LogP contribution in [-0.4, -0.2) is 28.0 Å². The number of hydrogen-bond donors (Lipinski definition) is 1. The molecular formula is C12H19N3O2. The first-order valence-electron chi connectivity index (χ1n) is 5.78. The fourth-order valence-electron chi connectivity index (χ4n) is 1.59. The van der Waals surface area contributed by atoms with Gasteiger partial charge in [0.05, 0.1) is 11.3 Å². The number of rotatable bonds is 5. The van der Waals surface area contributed by atoms with Crippen molar-refractivity contribution < 1.29 is 9.59 Å². The first-order chi connectivity index (χ1) is 7.99. The van der Waals surface area contributed by atoms with Crippen LogP contribution in [0.2, 0.25) is 0 Å². The van der Waals surface area contributed by atoms with Crippen molar-refractivity contribution in [2.24, 2.45) is 0 Å². The lowest BCUT2D eigenvalue weighted by Crippen LogP contribution is -2.35. The van der Waals surface area contributed by atoms with E-state index in [9.17, 15) is 9.59 Å². The number of aromatic nitrogens is 2. The van der Waals surface area contributed by atoms with Gasteiger partial charge in [0.2, 0.25) is 5.91 Å². The van der Waals surface area contributed by atoms with Crippen LogP contribution >= 0.6 is 0 Å². The largest absolute Gasteiger partial charge is 0.352 e. The van der Waals surface area contributed by atoms with E-state index >= 15 is 0 Å². The number of nitrogens with one attached hydrogen (secondary N) is 1. The van der Waals surface area contributed by atoms with Crippen molar-refractivity contribution in [1.29, 1.82) is 0 Å². The van der Waals surface area contributed by atoms with Crippen LogP contribution in [0.1, 0.15) is 42.0 Å². The minimum absolute atomic E-state index is 0.0811. The molecule has 5 heteroatoms. The number of hydrogen-bond acceptors (Lipinski definition) is 3. The molecule has 0 aliphatic heterocycles. The van der Waals surface area contributed by atoms with E-state index in [-0.39, 0.29) is 18.5 Å². The summed E-state index contributed by atoms with van der Waals surface area (Å²) in [7, 11) is 0. The van der Waals surface area contributed by atoms with Crippen LogP contribution in [0.4, 0.5) is 0 Å². The molecule has 1 heterocycles. The van der Waals surface area contributed by atoms with Gasteiger partial charge in [0, 0.05) is 11.7 Å². The average Bonchev–Trinajstić information content (AvgIpc) is 2.53. The first-order valence-corrected chi connectivity index (χ1v) is 5.78. The lowest BCUT2D eigenvalue weighted by molar-refractivity contribution is -0.122. The Kier molecular flexibility index (Phi) is 4.43. The molecule has 1 rings (SSSR count). The summed E-state index contributed by atoms with van der Waals surface area (Å²) in [6.07, 6.45) is 1.67. The summed E-state index contributed by atoms with van der Waals surface area (Å²) < 4.78 is 1.57. The number of aryl methyl sites for hydroxylation is 1. The van der Waals surface area contributed by atoms with Crippen molar-refractivity contribution in [1.82, 2.24) is 15.1 Å². The van der Waals surface area contributed by atoms with Gasteiger partial charge in [-0.1, -0.05) is 6.92 Å². The van der Waals surface area contributed by atoms with Gasteiger partial charge in [-0.2, -0.15) is 5.10 Å². The van der Waals surface area contributed by atoms with Gasteiger partial charge in [-0.15, -0.1) is 0 Å². The molecule has 0 aromatic carbocycles. The van der Waals surface area contributed by atoms with Crippen LogP contribution in [0, 0.1) is 13.8 Å². The summed E-state index contributed by atoms with van der Waals surface area (Å²) >= 11 is 0. The lowest BCUT2D eigenvalue weighted by atomic mass is 10.2. The van der Waals surface area contributed by atoms with E-state index in [1.54, 1.807) is 18.5 Å². The van der Waals surface area contributed by atoms with Crippen molar-refractivity contribution >= 4 is 12.2 Å². The van der Waals surface area contributed by atoms with Crippen LogP contribution in [0.15, 0.2) is 0 Å². The molecule has 17 heavy (non-hydrogen) atoms. The van der Waals surface area contributed by atoms with Crippen LogP contribution in [-0.2, 0) is 11.3 Å². The summed E-state index contributed by atoms with van der Waals surface area (Å²) in [4.78, 5) is 22.5. The van der Waals surface area contributed by atoms with Gasteiger partial charge in [-0.3, -0.25) is 14.3 Å². The van der Waals surface area contributed by atoms with Crippen molar-refractivity contribution in [2.75, 3.05) is 0 Å². The van der Waals surface area contributed by atoms with Gasteiger partial charge in [0.25, 0.3) is 0 Å². The SMILES string of the molecule is CCC(C)NC(=O)Cn1nc(C)c(C=O)c1C. The van der Waals surface area contributed by atoms with E-state index in [1.807, 2.05) is 13.8 Å². The Morgan fingerprint density at radius 2 is 2.18 bits per heavy atom. The zero-order valence-electron chi connectivity index (χ0n) is 10.8. The fourth-order valence-corrected chi connectivity index (χ4v) is 1.59. The Morgan fingerprint density at radius 1 is 1.53 bits per heavy atom. The number of aldehydes is 1. The molecule has 0 saturated carbocycles. The Labute approximate surface area is 101 Å². The zero-order valence-corrected chi connectivity index (χ0v) is 10.8. The maximum atomic E-state index is 11.7. The number of carbonyl (C=O) groups is 2. The molecule has 1 amide bonds. The smallest absolute Gasteiger partial charge is 0.241 e. The van der Waals surface area contributed by atoms with Gasteiger partial charge in [0.1, 0.15) is 6.54 Å². The Morgan fingerprint density at radius 3 is 2.65 bits per heavy atom. The highest BCUT2D eigenvalue weighted by molar-refractivity contribution is 5.79. The van der Waals surface area contributed by atoms with Crippen LogP contribution < -0.4 is 5.32 Å². The van der Waals surface area contributed by atoms with Crippen LogP contribution in [0.25, 0.3) is 0 Å². The van der Waals surface area contributed by atoms with E-state index in [2.05, 4.69) is 10.4 Å². The number of nitrogens with zero attached hydrogens (tertiary/aromatic N) is 2. The minimum Gasteiger partial charge on any atom is -0.352 e. The molecule has 94 valence electrons. The lowest BCUT2D eigenvalue weighted by Gasteiger charge is -2.11. The Bertz CT molecular complexity index is 424. The topological polar surface area (TPSA) is 64.0 Å². The molecule has 1 aromatic heterocycles. The van der Waals surface area contributed by atoms with Crippen LogP contribution in [0.3, 0.4) is 0 Å². The molecule has 1 aromatic rings. The second-order valence-electron chi connectivity index (χ2n) is 4.24. The second-order valence-corrected chi connectivity index (χ2v) is 4.24. The Balaban J connectivity index is 2.75. The molecule has 0 bridgehead atoms. The molecule has 0 spiro atoms. The molecule has 0 aliphatic rings. The van der Waals surface area contributed by atoms with Gasteiger partial charge >= 0.3 is 0 Å². The second kappa shape index (κ2) is 5.61. The third-order valence-corrected chi connectivity index (χ3v) is 2.87. The highest BCUT2D eigenvalue weighted by atomic mass is 16.2. The van der Waals surface area contributed by atoms with Crippen molar-refractivity contribution in [3.05, 3.63) is 17.0 Å². The van der Waals surface area contributed by atoms with E-state index in [1.165, 1.54) is 0 Å². The molecule has 0 fully saturated rings. The summed E-state index contributed by atoms with van der Waals surface area (Å²) in [6, 6.07) is 0.157. The Hall–Kier alpha value is -1.65. The highest BCUT2D eigenvalue weighted by Crippen LogP contribution is 2.09. The standard InChI is InChI=1S/C12H19N3O2/c1-5-8(2)13-12(17)6-15-10(4)11(7-16)9(3)14-15/h7-8H,5-6H2,1-4H3,(H,13,17). The molecular weight excluding hydrogens is 218 g/mol. The summed E-state index contributed by atoms with van der Waals surface area (Å²) in [5.41, 5.74) is 1.96. The molecule has 1 atom stereocenters. The molecule has 0 radical (unpaired) electrons. The monoisotopic (exact) mass is 237 g/mol. The number of carbonyl (C=O) groups excluding carboxylic acids is 2. The zero-order chi connectivity index (χ0) is 13.0. The predicted molar refractivity (Wildman–Crippen MR) is 65.0 cm³/mol. The minimum atomic E-state index is -0.0811. The van der Waals surface area contributed by atoms with Gasteiger partial charge in [-0.25, -0.2) is 0 Å². The predicted octanol–water partition coefficient (Wildman–Crippen LogP) is 1.23. The van der Waals surface area contributed by atoms with Gasteiger partial charge in [-0.05, 0) is 27.2 Å². The maximum absolute atomic E-state index is 11.7. The molecule has 1 unspecified atom stereocenters. The summed E-state index contributed by atoms with van der Waals surface area (Å²) in [5.74, 6) is -0.0811. The normalized spacial score (nSPS) is 12.2. The fraction of sp³-hybridized carbons (Fsp3) is 0.583. The average molecular weight is 237 g/mol. The van der Waals surface area contributed by atoms with Crippen molar-refractivity contribution in [2.45, 2.75) is 46.7 Å². The highest BCUT2D eigenvalue weighted by Gasteiger charge is 2.13. The van der Waals surface area contributed by atoms with E-state index in [4.69, 9.17) is 0 Å². The van der Waals surface area contributed by atoms with E-state index in [0.717, 1.165) is 18.4 Å². The quantitative estimate of drug-likeness (QED) is 0.783. The van der Waals surface area contributed by atoms with Crippen molar-refractivity contribution in [3.63, 3.8) is 0 Å². The third kappa shape index (κ3) is 3.15. The molecule has 0 saturated heterocycles. The summed E-state index contributed by atoms with van der Waals surface area (Å²) in [5, 5.41) is 7.04. The molecule has 1 N–H and O–H groups in total. The summed E-state index contributed by atoms with van der Waals surface area (Å²) in [6.45, 7) is 7.68. The first kappa shape index (κ1) is 13.4. The number of amides is 1. The molecule has 5 nitrogen and oxygen atoms in total. The van der Waals surface area contributed by atoms with Crippen LogP contribution in [0.5, 0.6) is 0 Å². The third-order valence-electron chi connectivity index (χ3n) is 2.87. The van der Waals surface area contributed by atoms with Gasteiger partial charge in [0.15, 0.2) is 6.29 Å². The maximum Gasteiger partial charge on any atom is 0.241 e. The van der Waals surface area contributed by atoms with E-state index in [0.29, 0.717) is 11.3 Å².